The topological polar surface area (TPSA) is 41.5 Å². The fourth-order valence-corrected chi connectivity index (χ4v) is 1.71. The molecule has 0 amide bonds. The number of nitrogens with one attached hydrogen (secondary N) is 1. The van der Waals surface area contributed by atoms with Crippen molar-refractivity contribution >= 4 is 15.9 Å². The molecule has 0 fully saturated rings. The maximum absolute atomic E-state index is 9.19. The van der Waals surface area contributed by atoms with Gasteiger partial charge in [-0.15, -0.1) is 0 Å². The molecule has 0 bridgehead atoms. The molecular weight excluding hydrogens is 270 g/mol. The first-order valence-electron chi connectivity index (χ1n) is 5.43. The number of aliphatic hydroxyl groups excluding tert-OH is 1. The molecule has 1 rings (SSSR count). The normalized spacial score (nSPS) is 12.5. The van der Waals surface area contributed by atoms with Crippen molar-refractivity contribution in [1.29, 1.82) is 0 Å². The van der Waals surface area contributed by atoms with E-state index in [1.54, 1.807) is 6.92 Å². The van der Waals surface area contributed by atoms with Gasteiger partial charge in [0.05, 0.1) is 6.10 Å². The van der Waals surface area contributed by atoms with Crippen molar-refractivity contribution in [3.63, 3.8) is 0 Å². The summed E-state index contributed by atoms with van der Waals surface area (Å²) in [6.45, 7) is 5.78. The molecule has 0 heterocycles. The van der Waals surface area contributed by atoms with Gasteiger partial charge < -0.3 is 15.2 Å². The largest absolute Gasteiger partial charge is 0.491 e. The van der Waals surface area contributed by atoms with Crippen molar-refractivity contribution in [3.8, 4) is 5.75 Å². The molecule has 0 aliphatic rings. The molecule has 4 heteroatoms. The maximum atomic E-state index is 9.19. The van der Waals surface area contributed by atoms with Crippen LogP contribution >= 0.6 is 15.9 Å². The number of halogens is 1. The summed E-state index contributed by atoms with van der Waals surface area (Å²) in [6, 6.07) is 5.88. The van der Waals surface area contributed by atoms with E-state index in [1.807, 2.05) is 18.2 Å². The van der Waals surface area contributed by atoms with Crippen LogP contribution in [0.15, 0.2) is 22.7 Å². The summed E-state index contributed by atoms with van der Waals surface area (Å²) in [5.74, 6) is 0.824. The number of hydrogen-bond acceptors (Lipinski definition) is 3. The Hall–Kier alpha value is -0.580. The zero-order chi connectivity index (χ0) is 12.0. The highest BCUT2D eigenvalue weighted by Crippen LogP contribution is 2.23. The molecule has 0 saturated heterocycles. The number of hydrogen-bond donors (Lipinski definition) is 2. The van der Waals surface area contributed by atoms with Gasteiger partial charge in [-0.25, -0.2) is 0 Å². The van der Waals surface area contributed by atoms with Crippen LogP contribution in [0.2, 0.25) is 0 Å². The van der Waals surface area contributed by atoms with E-state index in [-0.39, 0.29) is 0 Å². The molecule has 0 aliphatic heterocycles. The SMILES string of the molecule is CCNCc1cc(Br)ccc1OCC(C)O. The fourth-order valence-electron chi connectivity index (χ4n) is 1.30. The van der Waals surface area contributed by atoms with E-state index in [0.717, 1.165) is 28.9 Å². The Morgan fingerprint density at radius 1 is 1.50 bits per heavy atom. The van der Waals surface area contributed by atoms with Gasteiger partial charge >= 0.3 is 0 Å². The highest BCUT2D eigenvalue weighted by atomic mass is 79.9. The maximum Gasteiger partial charge on any atom is 0.124 e. The molecule has 1 aromatic carbocycles. The standard InChI is InChI=1S/C12H18BrNO2/c1-3-14-7-10-6-11(13)4-5-12(10)16-8-9(2)15/h4-6,9,14-15H,3,7-8H2,1-2H3. The third-order valence-electron chi connectivity index (χ3n) is 2.07. The average Bonchev–Trinajstić information content (AvgIpc) is 2.24. The summed E-state index contributed by atoms with van der Waals surface area (Å²) in [4.78, 5) is 0. The van der Waals surface area contributed by atoms with Gasteiger partial charge in [-0.05, 0) is 31.7 Å². The molecular formula is C12H18BrNO2. The van der Waals surface area contributed by atoms with Crippen LogP contribution in [0.3, 0.4) is 0 Å². The first-order chi connectivity index (χ1) is 7.63. The second-order valence-electron chi connectivity index (χ2n) is 3.69. The zero-order valence-corrected chi connectivity index (χ0v) is 11.3. The summed E-state index contributed by atoms with van der Waals surface area (Å²) in [6.07, 6.45) is -0.448. The molecule has 1 atom stereocenters. The van der Waals surface area contributed by atoms with Gasteiger partial charge in [0, 0.05) is 16.6 Å². The number of aliphatic hydroxyl groups is 1. The van der Waals surface area contributed by atoms with E-state index in [9.17, 15) is 5.11 Å². The van der Waals surface area contributed by atoms with E-state index < -0.39 is 6.10 Å². The second kappa shape index (κ2) is 6.89. The third kappa shape index (κ3) is 4.51. The molecule has 2 N–H and O–H groups in total. The molecule has 16 heavy (non-hydrogen) atoms. The summed E-state index contributed by atoms with van der Waals surface area (Å²) < 4.78 is 6.57. The predicted octanol–water partition coefficient (Wildman–Crippen LogP) is 2.32. The monoisotopic (exact) mass is 287 g/mol. The van der Waals surface area contributed by atoms with Gasteiger partial charge in [0.2, 0.25) is 0 Å². The van der Waals surface area contributed by atoms with Crippen LogP contribution in [0.4, 0.5) is 0 Å². The Labute approximate surface area is 105 Å². The lowest BCUT2D eigenvalue weighted by Crippen LogP contribution is -2.16. The lowest BCUT2D eigenvalue weighted by molar-refractivity contribution is 0.122. The lowest BCUT2D eigenvalue weighted by atomic mass is 10.2. The Bertz CT molecular complexity index is 329. The van der Waals surface area contributed by atoms with Gasteiger partial charge in [0.25, 0.3) is 0 Å². The van der Waals surface area contributed by atoms with E-state index in [4.69, 9.17) is 4.74 Å². The zero-order valence-electron chi connectivity index (χ0n) is 9.66. The molecule has 0 aliphatic carbocycles. The minimum Gasteiger partial charge on any atom is -0.491 e. The Balaban J connectivity index is 2.72. The van der Waals surface area contributed by atoms with Gasteiger partial charge in [-0.2, -0.15) is 0 Å². The fraction of sp³-hybridized carbons (Fsp3) is 0.500. The van der Waals surface area contributed by atoms with Crippen molar-refractivity contribution in [2.75, 3.05) is 13.2 Å². The van der Waals surface area contributed by atoms with E-state index in [2.05, 4.69) is 28.2 Å². The second-order valence-corrected chi connectivity index (χ2v) is 4.61. The summed E-state index contributed by atoms with van der Waals surface area (Å²) in [5, 5.41) is 12.4. The van der Waals surface area contributed by atoms with Crippen molar-refractivity contribution < 1.29 is 9.84 Å². The minimum atomic E-state index is -0.448. The Kier molecular flexibility index (Phi) is 5.80. The van der Waals surface area contributed by atoms with Crippen LogP contribution in [-0.4, -0.2) is 24.4 Å². The Morgan fingerprint density at radius 3 is 2.88 bits per heavy atom. The van der Waals surface area contributed by atoms with Crippen LogP contribution in [0.5, 0.6) is 5.75 Å². The number of rotatable bonds is 6. The van der Waals surface area contributed by atoms with Crippen LogP contribution in [0, 0.1) is 0 Å². The van der Waals surface area contributed by atoms with Crippen molar-refractivity contribution in [2.24, 2.45) is 0 Å². The first-order valence-corrected chi connectivity index (χ1v) is 6.22. The first kappa shape index (κ1) is 13.5. The Morgan fingerprint density at radius 2 is 2.25 bits per heavy atom. The lowest BCUT2D eigenvalue weighted by Gasteiger charge is -2.13. The van der Waals surface area contributed by atoms with Gasteiger partial charge in [-0.1, -0.05) is 22.9 Å². The molecule has 0 radical (unpaired) electrons. The summed E-state index contributed by atoms with van der Waals surface area (Å²) in [5.41, 5.74) is 1.09. The van der Waals surface area contributed by atoms with Gasteiger partial charge in [-0.3, -0.25) is 0 Å². The molecule has 0 saturated carbocycles. The van der Waals surface area contributed by atoms with Crippen LogP contribution in [-0.2, 0) is 6.54 Å². The molecule has 1 unspecified atom stereocenters. The third-order valence-corrected chi connectivity index (χ3v) is 2.56. The minimum absolute atomic E-state index is 0.320. The van der Waals surface area contributed by atoms with Gasteiger partial charge in [0.15, 0.2) is 0 Å². The average molecular weight is 288 g/mol. The van der Waals surface area contributed by atoms with E-state index in [1.165, 1.54) is 0 Å². The molecule has 1 aromatic rings. The quantitative estimate of drug-likeness (QED) is 0.844. The number of benzene rings is 1. The molecule has 0 spiro atoms. The highest BCUT2D eigenvalue weighted by molar-refractivity contribution is 9.10. The smallest absolute Gasteiger partial charge is 0.124 e. The van der Waals surface area contributed by atoms with Crippen molar-refractivity contribution in [3.05, 3.63) is 28.2 Å². The van der Waals surface area contributed by atoms with Crippen molar-refractivity contribution in [2.45, 2.75) is 26.5 Å². The van der Waals surface area contributed by atoms with Crippen LogP contribution < -0.4 is 10.1 Å². The summed E-state index contributed by atoms with van der Waals surface area (Å²) in [7, 11) is 0. The van der Waals surface area contributed by atoms with Crippen molar-refractivity contribution in [1.82, 2.24) is 5.32 Å². The highest BCUT2D eigenvalue weighted by Gasteiger charge is 2.05. The molecule has 90 valence electrons. The number of ether oxygens (including phenoxy) is 1. The predicted molar refractivity (Wildman–Crippen MR) is 68.7 cm³/mol. The van der Waals surface area contributed by atoms with Gasteiger partial charge in [0.1, 0.15) is 12.4 Å². The summed E-state index contributed by atoms with van der Waals surface area (Å²) >= 11 is 3.44. The molecule has 0 aromatic heterocycles. The van der Waals surface area contributed by atoms with Crippen LogP contribution in [0.1, 0.15) is 19.4 Å². The molecule has 3 nitrogen and oxygen atoms in total. The van der Waals surface area contributed by atoms with E-state index >= 15 is 0 Å². The van der Waals surface area contributed by atoms with E-state index in [0.29, 0.717) is 6.61 Å². The van der Waals surface area contributed by atoms with Crippen LogP contribution in [0.25, 0.3) is 0 Å².